The molecule has 1 aromatic heterocycles. The van der Waals surface area contributed by atoms with Crippen molar-refractivity contribution in [1.29, 1.82) is 0 Å². The van der Waals surface area contributed by atoms with Gasteiger partial charge in [-0.2, -0.15) is 0 Å². The number of hydrogen-bond acceptors (Lipinski definition) is 4. The Hall–Kier alpha value is -2.67. The van der Waals surface area contributed by atoms with E-state index in [2.05, 4.69) is 4.98 Å². The molecule has 0 aliphatic carbocycles. The van der Waals surface area contributed by atoms with Gasteiger partial charge >= 0.3 is 0 Å². The zero-order valence-electron chi connectivity index (χ0n) is 14.5. The van der Waals surface area contributed by atoms with Crippen LogP contribution in [0.4, 0.5) is 0 Å². The average Bonchev–Trinajstić information content (AvgIpc) is 3.16. The molecule has 0 saturated carbocycles. The van der Waals surface area contributed by atoms with E-state index < -0.39 is 0 Å². The van der Waals surface area contributed by atoms with Gasteiger partial charge in [-0.25, -0.2) is 4.98 Å². The van der Waals surface area contributed by atoms with E-state index in [4.69, 9.17) is 4.74 Å². The maximum absolute atomic E-state index is 13.0. The van der Waals surface area contributed by atoms with Crippen LogP contribution in [-0.2, 0) is 9.53 Å². The zero-order valence-corrected chi connectivity index (χ0v) is 14.5. The molecule has 1 saturated heterocycles. The number of benzene rings is 1. The van der Waals surface area contributed by atoms with Crippen LogP contribution in [0.25, 0.3) is 5.69 Å². The van der Waals surface area contributed by atoms with Crippen LogP contribution in [0, 0.1) is 6.92 Å². The highest BCUT2D eigenvalue weighted by Gasteiger charge is 2.26. The number of amides is 2. The number of nitrogens with zero attached hydrogens (tertiary/aromatic N) is 4. The number of methoxy groups -OCH3 is 1. The summed E-state index contributed by atoms with van der Waals surface area (Å²) in [7, 11) is 1.51. The van der Waals surface area contributed by atoms with E-state index in [-0.39, 0.29) is 18.4 Å². The molecule has 1 aliphatic rings. The van der Waals surface area contributed by atoms with Crippen LogP contribution in [0.2, 0.25) is 0 Å². The molecule has 3 rings (SSSR count). The van der Waals surface area contributed by atoms with Crippen LogP contribution < -0.4 is 0 Å². The van der Waals surface area contributed by atoms with Gasteiger partial charge in [-0.05, 0) is 19.1 Å². The highest BCUT2D eigenvalue weighted by atomic mass is 16.5. The van der Waals surface area contributed by atoms with E-state index in [1.807, 2.05) is 35.9 Å². The van der Waals surface area contributed by atoms with Gasteiger partial charge < -0.3 is 19.1 Å². The fourth-order valence-electron chi connectivity index (χ4n) is 2.99. The van der Waals surface area contributed by atoms with Crippen LogP contribution in [0.1, 0.15) is 15.9 Å². The number of imidazole rings is 1. The van der Waals surface area contributed by atoms with Gasteiger partial charge in [0, 0.05) is 45.7 Å². The maximum atomic E-state index is 13.0. The summed E-state index contributed by atoms with van der Waals surface area (Å²) in [5.74, 6) is -0.0597. The zero-order chi connectivity index (χ0) is 17.8. The predicted octanol–water partition coefficient (Wildman–Crippen LogP) is 1.11. The molecule has 2 aromatic rings. The summed E-state index contributed by atoms with van der Waals surface area (Å²) in [5.41, 5.74) is 2.49. The predicted molar refractivity (Wildman–Crippen MR) is 92.7 cm³/mol. The van der Waals surface area contributed by atoms with Crippen molar-refractivity contribution in [2.24, 2.45) is 0 Å². The SMILES string of the molecule is COCC(=O)N1CCN(C(=O)c2cc(C)ccc2-n2ccnc2)CC1. The second-order valence-electron chi connectivity index (χ2n) is 6.10. The molecule has 2 amide bonds. The molecule has 1 fully saturated rings. The van der Waals surface area contributed by atoms with Gasteiger partial charge in [0.1, 0.15) is 6.61 Å². The van der Waals surface area contributed by atoms with Crippen molar-refractivity contribution >= 4 is 11.8 Å². The maximum Gasteiger partial charge on any atom is 0.256 e. The van der Waals surface area contributed by atoms with Crippen LogP contribution >= 0.6 is 0 Å². The van der Waals surface area contributed by atoms with Gasteiger partial charge in [0.05, 0.1) is 17.6 Å². The molecule has 2 heterocycles. The highest BCUT2D eigenvalue weighted by molar-refractivity contribution is 5.98. The van der Waals surface area contributed by atoms with Crippen LogP contribution in [-0.4, -0.2) is 71.1 Å². The first-order valence-corrected chi connectivity index (χ1v) is 8.25. The Morgan fingerprint density at radius 2 is 1.88 bits per heavy atom. The lowest BCUT2D eigenvalue weighted by Gasteiger charge is -2.35. The van der Waals surface area contributed by atoms with Gasteiger partial charge in [-0.15, -0.1) is 0 Å². The molecule has 0 N–H and O–H groups in total. The highest BCUT2D eigenvalue weighted by Crippen LogP contribution is 2.19. The quantitative estimate of drug-likeness (QED) is 0.835. The lowest BCUT2D eigenvalue weighted by Crippen LogP contribution is -2.51. The first-order valence-electron chi connectivity index (χ1n) is 8.25. The summed E-state index contributed by atoms with van der Waals surface area (Å²) < 4.78 is 6.73. The number of hydrogen-bond donors (Lipinski definition) is 0. The summed E-state index contributed by atoms with van der Waals surface area (Å²) in [6, 6.07) is 5.82. The minimum atomic E-state index is -0.0377. The number of piperazine rings is 1. The van der Waals surface area contributed by atoms with Crippen molar-refractivity contribution in [2.45, 2.75) is 6.92 Å². The molecule has 1 aliphatic heterocycles. The summed E-state index contributed by atoms with van der Waals surface area (Å²) in [5, 5.41) is 0. The van der Waals surface area contributed by atoms with Gasteiger partial charge in [-0.3, -0.25) is 9.59 Å². The van der Waals surface area contributed by atoms with E-state index in [1.165, 1.54) is 7.11 Å². The van der Waals surface area contributed by atoms with Gasteiger partial charge in [0.2, 0.25) is 5.91 Å². The number of aryl methyl sites for hydroxylation is 1. The molecule has 132 valence electrons. The lowest BCUT2D eigenvalue weighted by molar-refractivity contribution is -0.136. The third-order valence-electron chi connectivity index (χ3n) is 4.35. The number of rotatable bonds is 4. The Kier molecular flexibility index (Phi) is 5.14. The fourth-order valence-corrected chi connectivity index (χ4v) is 2.99. The first kappa shape index (κ1) is 17.2. The minimum Gasteiger partial charge on any atom is -0.375 e. The van der Waals surface area contributed by atoms with E-state index in [0.29, 0.717) is 31.7 Å². The Labute approximate surface area is 146 Å². The monoisotopic (exact) mass is 342 g/mol. The second-order valence-corrected chi connectivity index (χ2v) is 6.10. The molecular formula is C18H22N4O3. The molecule has 25 heavy (non-hydrogen) atoms. The number of aromatic nitrogens is 2. The Morgan fingerprint density at radius 3 is 2.52 bits per heavy atom. The molecule has 0 unspecified atom stereocenters. The van der Waals surface area contributed by atoms with Crippen molar-refractivity contribution < 1.29 is 14.3 Å². The molecule has 7 heteroatoms. The van der Waals surface area contributed by atoms with Crippen molar-refractivity contribution in [3.05, 3.63) is 48.0 Å². The fraction of sp³-hybridized carbons (Fsp3) is 0.389. The molecule has 0 radical (unpaired) electrons. The number of ether oxygens (including phenoxy) is 1. The molecule has 1 aromatic carbocycles. The smallest absolute Gasteiger partial charge is 0.256 e. The van der Waals surface area contributed by atoms with E-state index >= 15 is 0 Å². The van der Waals surface area contributed by atoms with Crippen molar-refractivity contribution in [3.63, 3.8) is 0 Å². The van der Waals surface area contributed by atoms with Crippen molar-refractivity contribution in [2.75, 3.05) is 39.9 Å². The minimum absolute atomic E-state index is 0.0220. The molecule has 7 nitrogen and oxygen atoms in total. The summed E-state index contributed by atoms with van der Waals surface area (Å²) in [6.07, 6.45) is 5.19. The summed E-state index contributed by atoms with van der Waals surface area (Å²) in [6.45, 7) is 4.14. The molecular weight excluding hydrogens is 320 g/mol. The van der Waals surface area contributed by atoms with E-state index in [0.717, 1.165) is 11.3 Å². The third-order valence-corrected chi connectivity index (χ3v) is 4.35. The average molecular weight is 342 g/mol. The van der Waals surface area contributed by atoms with Crippen molar-refractivity contribution in [1.82, 2.24) is 19.4 Å². The molecule has 0 atom stereocenters. The Morgan fingerprint density at radius 1 is 1.16 bits per heavy atom. The standard InChI is InChI=1S/C18H22N4O3/c1-14-3-4-16(22-6-5-19-13-22)15(11-14)18(24)21-9-7-20(8-10-21)17(23)12-25-2/h3-6,11,13H,7-10,12H2,1-2H3. The number of carbonyl (C=O) groups excluding carboxylic acids is 2. The number of carbonyl (C=O) groups is 2. The van der Waals surface area contributed by atoms with Gasteiger partial charge in [-0.1, -0.05) is 11.6 Å². The van der Waals surface area contributed by atoms with Gasteiger partial charge in [0.15, 0.2) is 0 Å². The second kappa shape index (κ2) is 7.48. The van der Waals surface area contributed by atoms with Crippen molar-refractivity contribution in [3.8, 4) is 5.69 Å². The largest absolute Gasteiger partial charge is 0.375 e. The topological polar surface area (TPSA) is 67.7 Å². The van der Waals surface area contributed by atoms with Crippen LogP contribution in [0.3, 0.4) is 0 Å². The molecule has 0 bridgehead atoms. The molecule has 0 spiro atoms. The lowest BCUT2D eigenvalue weighted by atomic mass is 10.1. The normalized spacial score (nSPS) is 14.6. The first-order chi connectivity index (χ1) is 12.1. The third kappa shape index (κ3) is 3.71. The summed E-state index contributed by atoms with van der Waals surface area (Å²) in [4.78, 5) is 32.5. The van der Waals surface area contributed by atoms with E-state index in [1.54, 1.807) is 22.3 Å². The van der Waals surface area contributed by atoms with Crippen LogP contribution in [0.5, 0.6) is 0 Å². The summed E-state index contributed by atoms with van der Waals surface area (Å²) >= 11 is 0. The van der Waals surface area contributed by atoms with Gasteiger partial charge in [0.25, 0.3) is 5.91 Å². The van der Waals surface area contributed by atoms with Crippen LogP contribution in [0.15, 0.2) is 36.9 Å². The van der Waals surface area contributed by atoms with E-state index in [9.17, 15) is 9.59 Å². The Bertz CT molecular complexity index is 750. The Balaban J connectivity index is 1.76.